The normalized spacial score (nSPS) is 23.2. The maximum Gasteiger partial charge on any atom is 0.329 e. The highest BCUT2D eigenvalue weighted by Crippen LogP contribution is 2.14. The van der Waals surface area contributed by atoms with E-state index in [4.69, 9.17) is 4.84 Å². The zero-order chi connectivity index (χ0) is 9.90. The van der Waals surface area contributed by atoms with Crippen LogP contribution in [0.3, 0.4) is 0 Å². The molecule has 0 aromatic carbocycles. The zero-order valence-corrected chi connectivity index (χ0v) is 8.52. The highest BCUT2D eigenvalue weighted by molar-refractivity contribution is 5.75. The standard InChI is InChI=1S/C9H18N2O2/c1-9(2,3)8(12)13-11-7-4-5-10-6-7/h7,10-11H,4-6H2,1-3H3. The predicted octanol–water partition coefficient (Wildman–Crippen LogP) is 0.442. The molecule has 13 heavy (non-hydrogen) atoms. The molecule has 0 aromatic heterocycles. The lowest BCUT2D eigenvalue weighted by Crippen LogP contribution is -2.37. The Balaban J connectivity index is 2.22. The second kappa shape index (κ2) is 4.07. The van der Waals surface area contributed by atoms with Crippen LogP contribution in [0.1, 0.15) is 27.2 Å². The Morgan fingerprint density at radius 3 is 2.69 bits per heavy atom. The second-order valence-corrected chi connectivity index (χ2v) is 4.45. The van der Waals surface area contributed by atoms with Crippen molar-refractivity contribution in [1.82, 2.24) is 10.8 Å². The largest absolute Gasteiger partial charge is 0.370 e. The molecule has 0 bridgehead atoms. The van der Waals surface area contributed by atoms with E-state index in [1.165, 1.54) is 0 Å². The van der Waals surface area contributed by atoms with Gasteiger partial charge in [-0.1, -0.05) is 0 Å². The molecule has 1 fully saturated rings. The first-order valence-corrected chi connectivity index (χ1v) is 4.67. The van der Waals surface area contributed by atoms with E-state index in [0.717, 1.165) is 19.5 Å². The van der Waals surface area contributed by atoms with Crippen LogP contribution in [0, 0.1) is 5.41 Å². The summed E-state index contributed by atoms with van der Waals surface area (Å²) in [6.45, 7) is 7.37. The number of hydrogen-bond donors (Lipinski definition) is 2. The van der Waals surface area contributed by atoms with E-state index in [2.05, 4.69) is 10.8 Å². The average molecular weight is 186 g/mol. The van der Waals surface area contributed by atoms with Crippen LogP contribution in [0.15, 0.2) is 0 Å². The van der Waals surface area contributed by atoms with Crippen molar-refractivity contribution < 1.29 is 9.63 Å². The molecule has 1 unspecified atom stereocenters. The van der Waals surface area contributed by atoms with Crippen LogP contribution in [0.2, 0.25) is 0 Å². The third kappa shape index (κ3) is 3.32. The molecule has 1 saturated heterocycles. The molecular formula is C9H18N2O2. The fourth-order valence-electron chi connectivity index (χ4n) is 1.05. The first-order valence-electron chi connectivity index (χ1n) is 4.67. The van der Waals surface area contributed by atoms with Gasteiger partial charge in [0.1, 0.15) is 0 Å². The summed E-state index contributed by atoms with van der Waals surface area (Å²) in [4.78, 5) is 16.3. The van der Waals surface area contributed by atoms with E-state index < -0.39 is 5.41 Å². The van der Waals surface area contributed by atoms with Gasteiger partial charge in [-0.05, 0) is 33.7 Å². The van der Waals surface area contributed by atoms with Crippen molar-refractivity contribution in [3.63, 3.8) is 0 Å². The van der Waals surface area contributed by atoms with E-state index in [-0.39, 0.29) is 12.0 Å². The Hall–Kier alpha value is -0.610. The molecule has 0 amide bonds. The molecule has 0 saturated carbocycles. The van der Waals surface area contributed by atoms with Gasteiger partial charge in [-0.25, -0.2) is 4.79 Å². The van der Waals surface area contributed by atoms with E-state index in [1.54, 1.807) is 0 Å². The first kappa shape index (κ1) is 10.5. The van der Waals surface area contributed by atoms with Crippen LogP contribution in [-0.2, 0) is 9.63 Å². The zero-order valence-electron chi connectivity index (χ0n) is 8.52. The average Bonchev–Trinajstić information content (AvgIpc) is 2.50. The molecule has 0 spiro atoms. The summed E-state index contributed by atoms with van der Waals surface area (Å²) >= 11 is 0. The summed E-state index contributed by atoms with van der Waals surface area (Å²) in [7, 11) is 0. The minimum absolute atomic E-state index is 0.209. The topological polar surface area (TPSA) is 50.4 Å². The van der Waals surface area contributed by atoms with E-state index >= 15 is 0 Å². The van der Waals surface area contributed by atoms with Crippen LogP contribution in [0.4, 0.5) is 0 Å². The van der Waals surface area contributed by atoms with Gasteiger partial charge in [0.15, 0.2) is 0 Å². The summed E-state index contributed by atoms with van der Waals surface area (Å²) in [6.07, 6.45) is 1.01. The summed E-state index contributed by atoms with van der Waals surface area (Å²) in [6, 6.07) is 0.270. The van der Waals surface area contributed by atoms with Crippen LogP contribution in [0.5, 0.6) is 0 Å². The van der Waals surface area contributed by atoms with Gasteiger partial charge in [0, 0.05) is 6.54 Å². The van der Waals surface area contributed by atoms with Crippen molar-refractivity contribution >= 4 is 5.97 Å². The number of carbonyl (C=O) groups is 1. The monoisotopic (exact) mass is 186 g/mol. The predicted molar refractivity (Wildman–Crippen MR) is 50.0 cm³/mol. The number of rotatable bonds is 2. The lowest BCUT2D eigenvalue weighted by Gasteiger charge is -2.18. The molecule has 76 valence electrons. The third-order valence-electron chi connectivity index (χ3n) is 1.99. The van der Waals surface area contributed by atoms with Crippen LogP contribution < -0.4 is 10.8 Å². The van der Waals surface area contributed by atoms with Crippen molar-refractivity contribution in [2.75, 3.05) is 13.1 Å². The Morgan fingerprint density at radius 2 is 2.23 bits per heavy atom. The van der Waals surface area contributed by atoms with E-state index in [0.29, 0.717) is 0 Å². The maximum atomic E-state index is 11.3. The molecule has 1 aliphatic rings. The van der Waals surface area contributed by atoms with Crippen molar-refractivity contribution in [3.05, 3.63) is 0 Å². The molecule has 1 heterocycles. The van der Waals surface area contributed by atoms with Crippen molar-refractivity contribution in [2.24, 2.45) is 5.41 Å². The molecule has 2 N–H and O–H groups in total. The van der Waals surface area contributed by atoms with Crippen molar-refractivity contribution in [3.8, 4) is 0 Å². The highest BCUT2D eigenvalue weighted by Gasteiger charge is 2.25. The van der Waals surface area contributed by atoms with Gasteiger partial charge in [0.05, 0.1) is 11.5 Å². The number of hydrogen-bond acceptors (Lipinski definition) is 4. The van der Waals surface area contributed by atoms with Gasteiger partial charge in [0.2, 0.25) is 0 Å². The lowest BCUT2D eigenvalue weighted by molar-refractivity contribution is -0.162. The van der Waals surface area contributed by atoms with Gasteiger partial charge >= 0.3 is 5.97 Å². The first-order chi connectivity index (χ1) is 6.00. The summed E-state index contributed by atoms with van der Waals surface area (Å²) in [5, 5.41) is 3.18. The van der Waals surface area contributed by atoms with E-state index in [9.17, 15) is 4.79 Å². The third-order valence-corrected chi connectivity index (χ3v) is 1.99. The number of nitrogens with one attached hydrogen (secondary N) is 2. The maximum absolute atomic E-state index is 11.3. The second-order valence-electron chi connectivity index (χ2n) is 4.45. The minimum atomic E-state index is -0.432. The molecule has 4 nitrogen and oxygen atoms in total. The van der Waals surface area contributed by atoms with Crippen LogP contribution >= 0.6 is 0 Å². The molecule has 0 aliphatic carbocycles. The Morgan fingerprint density at radius 1 is 1.54 bits per heavy atom. The van der Waals surface area contributed by atoms with Gasteiger partial charge < -0.3 is 10.2 Å². The van der Waals surface area contributed by atoms with Gasteiger partial charge in [-0.15, -0.1) is 5.48 Å². The van der Waals surface area contributed by atoms with Gasteiger partial charge in [0.25, 0.3) is 0 Å². The molecule has 1 atom stereocenters. The minimum Gasteiger partial charge on any atom is -0.370 e. The van der Waals surface area contributed by atoms with E-state index in [1.807, 2.05) is 20.8 Å². The summed E-state index contributed by atoms with van der Waals surface area (Å²) < 4.78 is 0. The SMILES string of the molecule is CC(C)(C)C(=O)ONC1CCNC1. The molecule has 0 aromatic rings. The molecule has 0 radical (unpaired) electrons. The molecule has 1 aliphatic heterocycles. The quantitative estimate of drug-likeness (QED) is 0.614. The van der Waals surface area contributed by atoms with Crippen molar-refractivity contribution in [2.45, 2.75) is 33.2 Å². The fraction of sp³-hybridized carbons (Fsp3) is 0.889. The Labute approximate surface area is 79.0 Å². The van der Waals surface area contributed by atoms with Gasteiger partial charge in [-0.2, -0.15) is 0 Å². The van der Waals surface area contributed by atoms with Gasteiger partial charge in [-0.3, -0.25) is 0 Å². The van der Waals surface area contributed by atoms with Crippen LogP contribution in [-0.4, -0.2) is 25.1 Å². The smallest absolute Gasteiger partial charge is 0.329 e. The molecular weight excluding hydrogens is 168 g/mol. The molecule has 4 heteroatoms. The number of carbonyl (C=O) groups excluding carboxylic acids is 1. The Kier molecular flexibility index (Phi) is 3.27. The summed E-state index contributed by atoms with van der Waals surface area (Å²) in [5.74, 6) is -0.209. The number of hydroxylamine groups is 1. The molecule has 1 rings (SSSR count). The van der Waals surface area contributed by atoms with Crippen molar-refractivity contribution in [1.29, 1.82) is 0 Å². The van der Waals surface area contributed by atoms with Crippen LogP contribution in [0.25, 0.3) is 0 Å². The lowest BCUT2D eigenvalue weighted by atomic mass is 9.98. The fourth-order valence-corrected chi connectivity index (χ4v) is 1.05. The Bertz CT molecular complexity index is 181. The highest BCUT2D eigenvalue weighted by atomic mass is 16.7. The summed E-state index contributed by atoms with van der Waals surface area (Å²) in [5.41, 5.74) is 2.34.